The van der Waals surface area contributed by atoms with Crippen LogP contribution in [0.25, 0.3) is 0 Å². The van der Waals surface area contributed by atoms with Crippen LogP contribution in [0.4, 0.5) is 0 Å². The Morgan fingerprint density at radius 3 is 2.12 bits per heavy atom. The van der Waals surface area contributed by atoms with Gasteiger partial charge in [-0.3, -0.25) is 0 Å². The fraction of sp³-hybridized carbons (Fsp3) is 0.957. The molecule has 2 nitrogen and oxygen atoms in total. The van der Waals surface area contributed by atoms with Crippen LogP contribution < -0.4 is 0 Å². The predicted molar refractivity (Wildman–Crippen MR) is 105 cm³/mol. The highest BCUT2D eigenvalue weighted by molar-refractivity contribution is 5.01. The summed E-state index contributed by atoms with van der Waals surface area (Å²) in [7, 11) is 0. The van der Waals surface area contributed by atoms with E-state index in [1.807, 2.05) is 0 Å². The normalized spacial score (nSPS) is 33.1. The largest absolute Gasteiger partial charge is 0.378 e. The van der Waals surface area contributed by atoms with E-state index in [4.69, 9.17) is 4.74 Å². The van der Waals surface area contributed by atoms with Crippen molar-refractivity contribution in [3.05, 3.63) is 0 Å². The standard InChI is InChI=1S/C23H41NO/c1-3-5-7-8-20-9-11-21(12-10-20)18-25-22-13-16-23(19-24,17-14-22)15-6-4-2/h20-22H,3-18H2,1-2H3/t20-,21-,22-,23-. The molecule has 25 heavy (non-hydrogen) atoms. The van der Waals surface area contributed by atoms with Gasteiger partial charge in [0.1, 0.15) is 0 Å². The molecule has 0 saturated heterocycles. The van der Waals surface area contributed by atoms with Crippen molar-refractivity contribution in [2.45, 2.75) is 116 Å². The quantitative estimate of drug-likeness (QED) is 0.397. The molecule has 0 amide bonds. The lowest BCUT2D eigenvalue weighted by atomic mass is 9.71. The lowest BCUT2D eigenvalue weighted by Crippen LogP contribution is -2.31. The fourth-order valence-corrected chi connectivity index (χ4v) is 4.89. The van der Waals surface area contributed by atoms with Crippen LogP contribution in [0.1, 0.15) is 110 Å². The Kier molecular flexibility index (Phi) is 9.32. The van der Waals surface area contributed by atoms with Gasteiger partial charge in [0.2, 0.25) is 0 Å². The molecule has 0 radical (unpaired) electrons. The van der Waals surface area contributed by atoms with Crippen molar-refractivity contribution in [2.24, 2.45) is 17.3 Å². The van der Waals surface area contributed by atoms with Crippen LogP contribution in [0.15, 0.2) is 0 Å². The molecular formula is C23H41NO. The van der Waals surface area contributed by atoms with Gasteiger partial charge in [-0.2, -0.15) is 5.26 Å². The van der Waals surface area contributed by atoms with Crippen LogP contribution in [0, 0.1) is 28.6 Å². The lowest BCUT2D eigenvalue weighted by Gasteiger charge is -2.36. The van der Waals surface area contributed by atoms with E-state index in [0.29, 0.717) is 6.10 Å². The molecule has 0 unspecified atom stereocenters. The summed E-state index contributed by atoms with van der Waals surface area (Å²) in [5, 5.41) is 9.60. The van der Waals surface area contributed by atoms with Crippen molar-refractivity contribution in [2.75, 3.05) is 6.61 Å². The summed E-state index contributed by atoms with van der Waals surface area (Å²) in [5.41, 5.74) is -0.0353. The Morgan fingerprint density at radius 1 is 0.880 bits per heavy atom. The Hall–Kier alpha value is -0.550. The van der Waals surface area contributed by atoms with Gasteiger partial charge in [-0.1, -0.05) is 65.2 Å². The van der Waals surface area contributed by atoms with Crippen LogP contribution in [-0.4, -0.2) is 12.7 Å². The van der Waals surface area contributed by atoms with Crippen molar-refractivity contribution in [3.8, 4) is 6.07 Å². The van der Waals surface area contributed by atoms with E-state index in [1.165, 1.54) is 64.2 Å². The molecule has 2 rings (SSSR count). The zero-order valence-electron chi connectivity index (χ0n) is 16.9. The number of hydrogen-bond acceptors (Lipinski definition) is 2. The minimum Gasteiger partial charge on any atom is -0.378 e. The predicted octanol–water partition coefficient (Wildman–Crippen LogP) is 7.03. The summed E-state index contributed by atoms with van der Waals surface area (Å²) in [4.78, 5) is 0. The van der Waals surface area contributed by atoms with Gasteiger partial charge in [-0.25, -0.2) is 0 Å². The molecule has 0 spiro atoms. The van der Waals surface area contributed by atoms with Gasteiger partial charge >= 0.3 is 0 Å². The number of nitriles is 1. The fourth-order valence-electron chi connectivity index (χ4n) is 4.89. The topological polar surface area (TPSA) is 33.0 Å². The third kappa shape index (κ3) is 6.93. The van der Waals surface area contributed by atoms with E-state index in [1.54, 1.807) is 0 Å². The van der Waals surface area contributed by atoms with E-state index in [-0.39, 0.29) is 5.41 Å². The molecule has 2 fully saturated rings. The summed E-state index contributed by atoms with van der Waals surface area (Å²) < 4.78 is 6.29. The van der Waals surface area contributed by atoms with Crippen LogP contribution in [-0.2, 0) is 4.74 Å². The number of hydrogen-bond donors (Lipinski definition) is 0. The zero-order chi connectivity index (χ0) is 18.0. The van der Waals surface area contributed by atoms with E-state index in [9.17, 15) is 5.26 Å². The minimum absolute atomic E-state index is 0.0353. The monoisotopic (exact) mass is 347 g/mol. The van der Waals surface area contributed by atoms with Crippen molar-refractivity contribution >= 4 is 0 Å². The Labute approximate surface area is 156 Å². The van der Waals surface area contributed by atoms with E-state index < -0.39 is 0 Å². The van der Waals surface area contributed by atoms with E-state index in [0.717, 1.165) is 50.5 Å². The molecule has 0 aromatic carbocycles. The number of unbranched alkanes of at least 4 members (excludes halogenated alkanes) is 3. The van der Waals surface area contributed by atoms with Crippen LogP contribution in [0.2, 0.25) is 0 Å². The summed E-state index contributed by atoms with van der Waals surface area (Å²) in [5.74, 6) is 1.79. The third-order valence-electron chi connectivity index (χ3n) is 6.89. The first-order valence-electron chi connectivity index (χ1n) is 11.2. The highest BCUT2D eigenvalue weighted by Crippen LogP contribution is 2.41. The molecular weight excluding hydrogens is 306 g/mol. The zero-order valence-corrected chi connectivity index (χ0v) is 16.9. The lowest BCUT2D eigenvalue weighted by molar-refractivity contribution is -0.0184. The summed E-state index contributed by atoms with van der Waals surface area (Å²) in [6, 6.07) is 2.65. The van der Waals surface area contributed by atoms with Crippen molar-refractivity contribution in [1.82, 2.24) is 0 Å². The molecule has 0 bridgehead atoms. The molecule has 2 aliphatic rings. The molecule has 0 heterocycles. The van der Waals surface area contributed by atoms with Gasteiger partial charge < -0.3 is 4.74 Å². The van der Waals surface area contributed by atoms with Crippen LogP contribution >= 0.6 is 0 Å². The summed E-state index contributed by atoms with van der Waals surface area (Å²) in [6.45, 7) is 5.49. The Bertz CT molecular complexity index is 383. The van der Waals surface area contributed by atoms with E-state index in [2.05, 4.69) is 19.9 Å². The van der Waals surface area contributed by atoms with Gasteiger partial charge in [-0.15, -0.1) is 0 Å². The van der Waals surface area contributed by atoms with Crippen molar-refractivity contribution in [3.63, 3.8) is 0 Å². The van der Waals surface area contributed by atoms with Crippen LogP contribution in [0.5, 0.6) is 0 Å². The Balaban J connectivity index is 1.60. The maximum absolute atomic E-state index is 9.60. The minimum atomic E-state index is -0.0353. The van der Waals surface area contributed by atoms with Crippen molar-refractivity contribution in [1.29, 1.82) is 5.26 Å². The van der Waals surface area contributed by atoms with Gasteiger partial charge in [-0.05, 0) is 56.8 Å². The molecule has 144 valence electrons. The maximum Gasteiger partial charge on any atom is 0.0689 e. The van der Waals surface area contributed by atoms with Crippen LogP contribution in [0.3, 0.4) is 0 Å². The second kappa shape index (κ2) is 11.2. The van der Waals surface area contributed by atoms with Gasteiger partial charge in [0, 0.05) is 6.61 Å². The maximum atomic E-state index is 9.60. The average molecular weight is 348 g/mol. The smallest absolute Gasteiger partial charge is 0.0689 e. The molecule has 0 atom stereocenters. The number of ether oxygens (including phenoxy) is 1. The molecule has 0 N–H and O–H groups in total. The molecule has 2 aliphatic carbocycles. The van der Waals surface area contributed by atoms with Gasteiger partial charge in [0.25, 0.3) is 0 Å². The Morgan fingerprint density at radius 2 is 1.52 bits per heavy atom. The number of nitrogens with zero attached hydrogens (tertiary/aromatic N) is 1. The summed E-state index contributed by atoms with van der Waals surface area (Å²) >= 11 is 0. The first kappa shape index (κ1) is 20.8. The first-order valence-corrected chi connectivity index (χ1v) is 11.2. The molecule has 0 aromatic heterocycles. The summed E-state index contributed by atoms with van der Waals surface area (Å²) in [6.07, 6.45) is 19.5. The molecule has 0 aliphatic heterocycles. The second-order valence-corrected chi connectivity index (χ2v) is 8.91. The average Bonchev–Trinajstić information content (AvgIpc) is 2.67. The first-order chi connectivity index (χ1) is 12.2. The number of rotatable bonds is 10. The third-order valence-corrected chi connectivity index (χ3v) is 6.89. The highest BCUT2D eigenvalue weighted by atomic mass is 16.5. The SMILES string of the molecule is CCCCC[C@H]1CC[C@H](CO[C@H]2CC[C@@](C#N)(CCCC)CC2)CC1. The van der Waals surface area contributed by atoms with Gasteiger partial charge in [0.05, 0.1) is 17.6 Å². The highest BCUT2D eigenvalue weighted by Gasteiger charge is 2.35. The van der Waals surface area contributed by atoms with Crippen molar-refractivity contribution < 1.29 is 4.74 Å². The molecule has 2 saturated carbocycles. The van der Waals surface area contributed by atoms with Gasteiger partial charge in [0.15, 0.2) is 0 Å². The van der Waals surface area contributed by atoms with E-state index >= 15 is 0 Å². The second-order valence-electron chi connectivity index (χ2n) is 8.91. The molecule has 0 aromatic rings. The molecule has 2 heteroatoms.